The highest BCUT2D eigenvalue weighted by Crippen LogP contribution is 2.36. The number of thiazole rings is 1. The van der Waals surface area contributed by atoms with Gasteiger partial charge in [-0.2, -0.15) is 18.2 Å². The van der Waals surface area contributed by atoms with Gasteiger partial charge in [0.1, 0.15) is 11.8 Å². The molecule has 0 amide bonds. The molecular weight excluding hydrogens is 473 g/mol. The van der Waals surface area contributed by atoms with E-state index in [0.29, 0.717) is 35.2 Å². The van der Waals surface area contributed by atoms with Crippen LogP contribution in [0, 0.1) is 12.8 Å². The lowest BCUT2D eigenvalue weighted by Crippen LogP contribution is -2.45. The van der Waals surface area contributed by atoms with E-state index in [9.17, 15) is 18.0 Å². The summed E-state index contributed by atoms with van der Waals surface area (Å²) in [6.07, 6.45) is -3.23. The number of carbonyl (C=O) groups excluding carboxylic acids is 1. The molecule has 2 aromatic heterocycles. The summed E-state index contributed by atoms with van der Waals surface area (Å²) in [7, 11) is 2.87. The molecular formula is C22H23F3N4O4S. The predicted molar refractivity (Wildman–Crippen MR) is 119 cm³/mol. The third-order valence-corrected chi connectivity index (χ3v) is 6.53. The maximum atomic E-state index is 13.1. The lowest BCUT2D eigenvalue weighted by atomic mass is 9.93. The summed E-state index contributed by atoms with van der Waals surface area (Å²) in [6, 6.07) is 3.10. The minimum atomic E-state index is -4.56. The molecule has 0 bridgehead atoms. The summed E-state index contributed by atoms with van der Waals surface area (Å²) < 4.78 is 55.5. The third-order valence-electron chi connectivity index (χ3n) is 5.70. The van der Waals surface area contributed by atoms with Crippen LogP contribution in [0.2, 0.25) is 0 Å². The quantitative estimate of drug-likeness (QED) is 0.512. The Morgan fingerprint density at radius 1 is 1.24 bits per heavy atom. The molecule has 34 heavy (non-hydrogen) atoms. The van der Waals surface area contributed by atoms with Crippen LogP contribution in [-0.4, -0.2) is 54.3 Å². The van der Waals surface area contributed by atoms with Crippen LogP contribution in [0.4, 0.5) is 13.2 Å². The average molecular weight is 497 g/mol. The van der Waals surface area contributed by atoms with Crippen molar-refractivity contribution in [1.29, 1.82) is 0 Å². The summed E-state index contributed by atoms with van der Waals surface area (Å²) in [5.41, 5.74) is 0.208. The van der Waals surface area contributed by atoms with Crippen LogP contribution in [0.15, 0.2) is 17.5 Å². The normalized spacial score (nSPS) is 18.6. The Kier molecular flexibility index (Phi) is 6.89. The lowest BCUT2D eigenvalue weighted by molar-refractivity contribution is -0.144. The first-order valence-electron chi connectivity index (χ1n) is 10.5. The highest BCUT2D eigenvalue weighted by molar-refractivity contribution is 7.13. The molecule has 0 aliphatic carbocycles. The van der Waals surface area contributed by atoms with Crippen molar-refractivity contribution >= 4 is 28.2 Å². The van der Waals surface area contributed by atoms with Crippen LogP contribution in [0.3, 0.4) is 0 Å². The van der Waals surface area contributed by atoms with Crippen LogP contribution >= 0.6 is 11.3 Å². The molecule has 3 aromatic rings. The Bertz CT molecular complexity index is 1200. The number of esters is 1. The smallest absolute Gasteiger partial charge is 0.434 e. The number of nitrogens with one attached hydrogen (secondary N) is 1. The molecule has 1 saturated heterocycles. The van der Waals surface area contributed by atoms with E-state index in [4.69, 9.17) is 14.2 Å². The minimum absolute atomic E-state index is 0.0360. The minimum Gasteiger partial charge on any atom is -0.496 e. The number of ether oxygens (including phenoxy) is 3. The summed E-state index contributed by atoms with van der Waals surface area (Å²) >= 11 is 0.812. The zero-order valence-electron chi connectivity index (χ0n) is 18.7. The first-order chi connectivity index (χ1) is 16.2. The van der Waals surface area contributed by atoms with Gasteiger partial charge in [-0.25, -0.2) is 9.97 Å². The van der Waals surface area contributed by atoms with E-state index in [-0.39, 0.29) is 35.2 Å². The van der Waals surface area contributed by atoms with Crippen molar-refractivity contribution in [2.75, 3.05) is 27.4 Å². The molecule has 4 rings (SSSR count). The molecule has 1 aliphatic rings. The molecule has 3 heterocycles. The van der Waals surface area contributed by atoms with Crippen LogP contribution in [0.1, 0.15) is 24.1 Å². The van der Waals surface area contributed by atoms with Gasteiger partial charge in [0.15, 0.2) is 16.5 Å². The molecule has 1 aliphatic heterocycles. The number of methoxy groups -OCH3 is 2. The van der Waals surface area contributed by atoms with Crippen molar-refractivity contribution < 1.29 is 32.2 Å². The van der Waals surface area contributed by atoms with Crippen LogP contribution in [0.25, 0.3) is 21.7 Å². The fourth-order valence-corrected chi connectivity index (χ4v) is 4.64. The Labute approximate surface area is 197 Å². The van der Waals surface area contributed by atoms with Gasteiger partial charge in [-0.1, -0.05) is 0 Å². The largest absolute Gasteiger partial charge is 0.496 e. The molecule has 1 fully saturated rings. The number of benzene rings is 1. The number of rotatable bonds is 6. The van der Waals surface area contributed by atoms with Gasteiger partial charge in [0, 0.05) is 10.9 Å². The van der Waals surface area contributed by atoms with Crippen molar-refractivity contribution in [3.05, 3.63) is 28.8 Å². The Balaban J connectivity index is 1.68. The maximum absolute atomic E-state index is 13.1. The maximum Gasteiger partial charge on any atom is 0.434 e. The molecule has 1 N–H and O–H groups in total. The number of hydrogen-bond donors (Lipinski definition) is 1. The van der Waals surface area contributed by atoms with Gasteiger partial charge < -0.3 is 19.5 Å². The van der Waals surface area contributed by atoms with Gasteiger partial charge in [-0.15, -0.1) is 11.3 Å². The number of halogens is 3. The van der Waals surface area contributed by atoms with Crippen LogP contribution < -0.4 is 14.8 Å². The number of aromatic nitrogens is 3. The molecule has 8 nitrogen and oxygen atoms in total. The monoisotopic (exact) mass is 496 g/mol. The summed E-state index contributed by atoms with van der Waals surface area (Å²) in [5, 5.41) is 4.70. The van der Waals surface area contributed by atoms with Gasteiger partial charge in [-0.05, 0) is 44.4 Å². The fourth-order valence-electron chi connectivity index (χ4n) is 3.89. The highest BCUT2D eigenvalue weighted by Gasteiger charge is 2.34. The van der Waals surface area contributed by atoms with Crippen LogP contribution in [-0.2, 0) is 15.7 Å². The second-order valence-corrected chi connectivity index (χ2v) is 8.77. The van der Waals surface area contributed by atoms with Gasteiger partial charge >= 0.3 is 12.1 Å². The predicted octanol–water partition coefficient (Wildman–Crippen LogP) is 4.01. The SMILES string of the molecule is COC(=O)C1CC(COc2nc(-c3nc(C(F)(F)F)cs3)nc3c(C)c(OC)ccc23)CCN1. The van der Waals surface area contributed by atoms with E-state index in [0.717, 1.165) is 23.1 Å². The summed E-state index contributed by atoms with van der Waals surface area (Å²) in [6.45, 7) is 2.72. The molecule has 2 unspecified atom stereocenters. The van der Waals surface area contributed by atoms with Crippen molar-refractivity contribution in [3.63, 3.8) is 0 Å². The summed E-state index contributed by atoms with van der Waals surface area (Å²) in [5.74, 6) is 0.596. The van der Waals surface area contributed by atoms with Crippen molar-refractivity contribution in [3.8, 4) is 22.5 Å². The number of carbonyl (C=O) groups is 1. The molecule has 2 atom stereocenters. The first kappa shape index (κ1) is 24.1. The molecule has 0 spiro atoms. The van der Waals surface area contributed by atoms with Gasteiger partial charge in [0.05, 0.1) is 31.7 Å². The fraction of sp³-hybridized carbons (Fsp3) is 0.455. The third kappa shape index (κ3) is 4.92. The second kappa shape index (κ2) is 9.71. The zero-order valence-corrected chi connectivity index (χ0v) is 19.5. The van der Waals surface area contributed by atoms with E-state index < -0.39 is 17.9 Å². The summed E-state index contributed by atoms with van der Waals surface area (Å²) in [4.78, 5) is 24.5. The highest BCUT2D eigenvalue weighted by atomic mass is 32.1. The lowest BCUT2D eigenvalue weighted by Gasteiger charge is -2.28. The molecule has 182 valence electrons. The number of hydrogen-bond acceptors (Lipinski definition) is 9. The molecule has 0 saturated carbocycles. The first-order valence-corrected chi connectivity index (χ1v) is 11.4. The average Bonchev–Trinajstić information content (AvgIpc) is 3.34. The standard InChI is InChI=1S/C22H23F3N4O4S/c1-11-15(31-2)5-4-13-17(11)28-18(20-27-16(10-34-20)22(23,24)25)29-19(13)33-9-12-6-7-26-14(8-12)21(30)32-3/h4-5,10,12,14,26H,6-9H2,1-3H3. The zero-order chi connectivity index (χ0) is 24.5. The second-order valence-electron chi connectivity index (χ2n) is 7.91. The Morgan fingerprint density at radius 3 is 2.71 bits per heavy atom. The van der Waals surface area contributed by atoms with E-state index in [1.54, 1.807) is 19.1 Å². The number of alkyl halides is 3. The van der Waals surface area contributed by atoms with Crippen LogP contribution in [0.5, 0.6) is 11.6 Å². The topological polar surface area (TPSA) is 95.5 Å². The van der Waals surface area contributed by atoms with Gasteiger partial charge in [0.2, 0.25) is 5.88 Å². The van der Waals surface area contributed by atoms with E-state index in [1.807, 2.05) is 0 Å². The molecule has 12 heteroatoms. The molecule has 1 aromatic carbocycles. The van der Waals surface area contributed by atoms with E-state index in [1.165, 1.54) is 14.2 Å². The number of nitrogens with zero attached hydrogens (tertiary/aromatic N) is 3. The van der Waals surface area contributed by atoms with Crippen molar-refractivity contribution in [2.45, 2.75) is 32.0 Å². The number of piperidine rings is 1. The van der Waals surface area contributed by atoms with Crippen molar-refractivity contribution in [2.24, 2.45) is 5.92 Å². The van der Waals surface area contributed by atoms with Gasteiger partial charge in [0.25, 0.3) is 0 Å². The Hall–Kier alpha value is -2.99. The number of aryl methyl sites for hydroxylation is 1. The Morgan fingerprint density at radius 2 is 2.03 bits per heavy atom. The van der Waals surface area contributed by atoms with E-state index >= 15 is 0 Å². The van der Waals surface area contributed by atoms with Gasteiger partial charge in [-0.3, -0.25) is 4.79 Å². The van der Waals surface area contributed by atoms with Crippen molar-refractivity contribution in [1.82, 2.24) is 20.3 Å². The molecule has 0 radical (unpaired) electrons. The number of fused-ring (bicyclic) bond motifs is 1. The van der Waals surface area contributed by atoms with E-state index in [2.05, 4.69) is 20.3 Å².